The van der Waals surface area contributed by atoms with Gasteiger partial charge in [0.15, 0.2) is 22.8 Å². The van der Waals surface area contributed by atoms with Crippen LogP contribution in [0.3, 0.4) is 0 Å². The summed E-state index contributed by atoms with van der Waals surface area (Å²) in [6.45, 7) is 57.4. The molecular formula is C113H146ClF2N21. The normalized spacial score (nSPS) is 11.5. The number of alkyl halides is 1. The van der Waals surface area contributed by atoms with E-state index in [1.165, 1.54) is 83.4 Å². The van der Waals surface area contributed by atoms with Crippen LogP contribution in [0, 0.1) is 12.7 Å². The molecule has 19 heterocycles. The lowest BCUT2D eigenvalue weighted by Crippen LogP contribution is -2.00. The number of aromatic nitrogens is 21. The number of rotatable bonds is 14. The van der Waals surface area contributed by atoms with Crippen molar-refractivity contribution < 1.29 is 8.78 Å². The van der Waals surface area contributed by atoms with Crippen LogP contribution in [0.25, 0.3) is 61.3 Å². The van der Waals surface area contributed by atoms with Gasteiger partial charge in [-0.25, -0.2) is 62.2 Å². The minimum atomic E-state index is -0.976. The first kappa shape index (κ1) is 108. The van der Waals surface area contributed by atoms with Crippen LogP contribution in [0.1, 0.15) is 356 Å². The average molecular weight is 1870 g/mol. The maximum absolute atomic E-state index is 14.1. The number of pyridine rings is 7. The molecule has 0 saturated carbocycles. The largest absolute Gasteiger partial charge is 0.304 e. The average Bonchev–Trinajstić information content (AvgIpc) is 1.61. The van der Waals surface area contributed by atoms with Crippen LogP contribution < -0.4 is 0 Å². The van der Waals surface area contributed by atoms with Gasteiger partial charge in [0.25, 0.3) is 0 Å². The van der Waals surface area contributed by atoms with Crippen LogP contribution in [-0.2, 0) is 6.42 Å². The van der Waals surface area contributed by atoms with Crippen LogP contribution in [0.4, 0.5) is 8.78 Å². The maximum atomic E-state index is 14.1. The number of hydrogen-bond acceptors (Lipinski definition) is 12. The fraction of sp³-hybridized carbons (Fsp3) is 0.381. The Morgan fingerprint density at radius 3 is 1.43 bits per heavy atom. The highest BCUT2D eigenvalue weighted by molar-refractivity contribution is 6.33. The molecule has 0 N–H and O–H groups in total. The van der Waals surface area contributed by atoms with Gasteiger partial charge in [0, 0.05) is 186 Å². The molecule has 0 amide bonds. The van der Waals surface area contributed by atoms with Crippen molar-refractivity contribution in [2.45, 2.75) is 285 Å². The summed E-state index contributed by atoms with van der Waals surface area (Å²) in [5.74, 6) is 5.46. The zero-order valence-corrected chi connectivity index (χ0v) is 84.7. The van der Waals surface area contributed by atoms with E-state index >= 15 is 0 Å². The van der Waals surface area contributed by atoms with Gasteiger partial charge in [0.05, 0.1) is 22.3 Å². The molecule has 0 fully saturated rings. The molecule has 1 unspecified atom stereocenters. The topological polar surface area (TPSA) is 194 Å². The highest BCUT2D eigenvalue weighted by atomic mass is 35.5. The van der Waals surface area contributed by atoms with Crippen molar-refractivity contribution in [2.24, 2.45) is 0 Å². The van der Waals surface area contributed by atoms with Gasteiger partial charge in [-0.3, -0.25) is 9.38 Å². The number of imidazole rings is 7. The van der Waals surface area contributed by atoms with Crippen LogP contribution in [0.5, 0.6) is 0 Å². The molecule has 19 aromatic heterocycles. The number of benzene rings is 1. The van der Waals surface area contributed by atoms with Gasteiger partial charge >= 0.3 is 0 Å². The molecule has 1 atom stereocenters. The summed E-state index contributed by atoms with van der Waals surface area (Å²) in [5, 5.41) is 15.9. The summed E-state index contributed by atoms with van der Waals surface area (Å²) in [4.78, 5) is 38.4. The Hall–Kier alpha value is -13.2. The third-order valence-electron chi connectivity index (χ3n) is 23.7. The van der Waals surface area contributed by atoms with E-state index in [-0.39, 0.29) is 26.6 Å². The van der Waals surface area contributed by atoms with Gasteiger partial charge in [-0.2, -0.15) is 15.3 Å². The number of nitrogens with zero attached hydrogens (tertiary/aromatic N) is 21. The Morgan fingerprint density at radius 1 is 0.328 bits per heavy atom. The Balaban J connectivity index is 0.000000170. The first-order valence-electron chi connectivity index (χ1n) is 47.5. The van der Waals surface area contributed by atoms with Gasteiger partial charge in [-0.15, -0.1) is 0 Å². The van der Waals surface area contributed by atoms with E-state index in [1.807, 2.05) is 176 Å². The summed E-state index contributed by atoms with van der Waals surface area (Å²) >= 11 is 5.99. The van der Waals surface area contributed by atoms with E-state index in [4.69, 9.17) is 11.6 Å². The van der Waals surface area contributed by atoms with Crippen LogP contribution >= 0.6 is 11.6 Å². The molecule has 0 saturated heterocycles. The molecule has 24 heteroatoms. The minimum Gasteiger partial charge on any atom is -0.304 e. The predicted molar refractivity (Wildman–Crippen MR) is 565 cm³/mol. The lowest BCUT2D eigenvalue weighted by atomic mass is 9.97. The molecule has 724 valence electrons. The molecule has 0 aliphatic rings. The number of fused-ring (bicyclic) bond motifs is 10. The van der Waals surface area contributed by atoms with Crippen molar-refractivity contribution in [1.29, 1.82) is 0 Å². The molecule has 0 aliphatic carbocycles. The molecule has 21 nitrogen and oxygen atoms in total. The summed E-state index contributed by atoms with van der Waals surface area (Å²) in [7, 11) is 0. The zero-order chi connectivity index (χ0) is 97.8. The van der Waals surface area contributed by atoms with Gasteiger partial charge in [0.1, 0.15) is 35.1 Å². The second kappa shape index (κ2) is 49.6. The predicted octanol–water partition coefficient (Wildman–Crippen LogP) is 30.5. The third kappa shape index (κ3) is 26.4. The van der Waals surface area contributed by atoms with Crippen molar-refractivity contribution in [2.75, 3.05) is 0 Å². The minimum absolute atomic E-state index is 0. The number of halogens is 3. The molecule has 1 aromatic carbocycles. The fourth-order valence-corrected chi connectivity index (χ4v) is 16.2. The Kier molecular flexibility index (Phi) is 38.9. The molecule has 0 spiro atoms. The summed E-state index contributed by atoms with van der Waals surface area (Å²) in [5.41, 5.74) is 26.3. The first-order valence-corrected chi connectivity index (χ1v) is 47.9. The van der Waals surface area contributed by atoms with Crippen molar-refractivity contribution >= 4 is 72.9 Å². The van der Waals surface area contributed by atoms with E-state index in [2.05, 4.69) is 327 Å². The Labute approximate surface area is 815 Å². The van der Waals surface area contributed by atoms with E-state index in [0.29, 0.717) is 81.3 Å². The standard InChI is InChI=1S/C13H17FN2.C13H18N2.C12H15FN2.C12H16N2.C12H13N.C11H14N2.C10H11ClN2.C10H12N2.2C9H11N3.2CH4/c1-8(2)10-5-6-16-11(9(3)4)7-15-13(16)12(10)14;1-9(2)11-5-6-15-12(10(3)4)8-14-13(15)7-11;1-8(2)11-7-14-12-10(9(3)13)5-4-6-15(11)12;1-4-10-6-5-7-14-11(9(2)3)8-13-12(10)14;1-9(2)11-5-3-4-10-8-13-7-6-12(10)11;1-8(2)10-6-12-13-7-9(3)4-5-11(10)13;1-7(2)9-6-12-10-8(11)4-3-5-13(9)10;1-8(2)9-5-6-11-12-7-3-4-10(9)12;1-7(2)8-5-10-6-12-4-3-11-9(8)12;1-7(2)8-3-4-11-12-6-5-10-9(8)12;;/h5-9H,1-4H3;5-10H,1-4H3;4-9H,1-3H3;5-9H,4H2,1-3H3;3-9H,1-2H3;4-8H,1-3H3;3-7H,1-2H3;3-8H,1-2H3;2*3-7H,1-2H3;2*1H4. The second-order valence-corrected chi connectivity index (χ2v) is 38.2. The summed E-state index contributed by atoms with van der Waals surface area (Å²) in [6, 6.07) is 38.9. The van der Waals surface area contributed by atoms with Crippen molar-refractivity contribution in [3.63, 3.8) is 0 Å². The molecule has 0 radical (unpaired) electrons. The van der Waals surface area contributed by atoms with Crippen molar-refractivity contribution in [3.8, 4) is 0 Å². The Bertz CT molecular complexity index is 6960. The molecule has 0 bridgehead atoms. The molecule has 0 aliphatic heterocycles. The van der Waals surface area contributed by atoms with Crippen LogP contribution in [0.2, 0.25) is 5.02 Å². The van der Waals surface area contributed by atoms with Gasteiger partial charge in [-0.1, -0.05) is 236 Å². The smallest absolute Gasteiger partial charge is 0.173 e. The molecule has 20 aromatic rings. The zero-order valence-electron chi connectivity index (χ0n) is 84.0. The second-order valence-electron chi connectivity index (χ2n) is 37.8. The van der Waals surface area contributed by atoms with Gasteiger partial charge < -0.3 is 22.0 Å². The molecular weight excluding hydrogens is 1720 g/mol. The van der Waals surface area contributed by atoms with Gasteiger partial charge in [-0.05, 0) is 209 Å². The number of hydrogen-bond donors (Lipinski definition) is 0. The van der Waals surface area contributed by atoms with Crippen LogP contribution in [-0.4, -0.2) is 100 Å². The summed E-state index contributed by atoms with van der Waals surface area (Å²) < 4.78 is 45.3. The first-order chi connectivity index (χ1) is 64.5. The molecule has 137 heavy (non-hydrogen) atoms. The van der Waals surface area contributed by atoms with Crippen molar-refractivity contribution in [3.05, 3.63) is 353 Å². The summed E-state index contributed by atoms with van der Waals surface area (Å²) in [6.07, 6.45) is 44.0. The van der Waals surface area contributed by atoms with E-state index in [9.17, 15) is 8.78 Å². The van der Waals surface area contributed by atoms with Crippen molar-refractivity contribution in [1.82, 2.24) is 100 Å². The fourth-order valence-electron chi connectivity index (χ4n) is 16.0. The van der Waals surface area contributed by atoms with Gasteiger partial charge in [0.2, 0.25) is 0 Å². The third-order valence-corrected chi connectivity index (χ3v) is 24.0. The quantitative estimate of drug-likeness (QED) is 0.100. The van der Waals surface area contributed by atoms with E-state index in [1.54, 1.807) is 42.4 Å². The molecule has 20 rings (SSSR count). The highest BCUT2D eigenvalue weighted by Crippen LogP contribution is 2.31. The van der Waals surface area contributed by atoms with E-state index < -0.39 is 6.17 Å². The lowest BCUT2D eigenvalue weighted by Gasteiger charge is -2.09. The Morgan fingerprint density at radius 2 is 0.832 bits per heavy atom. The van der Waals surface area contributed by atoms with Crippen LogP contribution in [0.15, 0.2) is 258 Å². The lowest BCUT2D eigenvalue weighted by molar-refractivity contribution is 0.375. The monoisotopic (exact) mass is 1870 g/mol. The highest BCUT2D eigenvalue weighted by Gasteiger charge is 2.19. The SMILES string of the molecule is C.C.CC(C)c1cccc2cnccc12.CC(C)c1ccn2c(C(C)C)cnc2c1.CC(C)c1ccn2c(C(C)C)cnc2c1F.CC(C)c1ccnn2cccc12.CC(C)c1ccnn2ccnc12.CC(C)c1cnc2c(C(C)F)cccn12.CC(C)c1cnc2c(Cl)cccn12.CC(C)c1cncn2ccnc12.CCc1cccn2c(C(C)C)cnc12.Cc1ccc2c(C(C)C)cnn2c1. The maximum Gasteiger partial charge on any atom is 0.173 e. The van der Waals surface area contributed by atoms with E-state index in [0.717, 1.165) is 57.3 Å². The number of aryl methyl sites for hydroxylation is 2.